The summed E-state index contributed by atoms with van der Waals surface area (Å²) in [6.45, 7) is 0. The molecule has 0 spiro atoms. The number of Topliss-reactive ketones (excluding diaryl/α,β-unsaturated/α-hetero) is 1. The summed E-state index contributed by atoms with van der Waals surface area (Å²) in [5, 5.41) is 9.79. The maximum atomic E-state index is 11.9. The minimum Gasteiger partial charge on any atom is -0.508 e. The second kappa shape index (κ2) is 9.59. The van der Waals surface area contributed by atoms with Crippen molar-refractivity contribution in [2.45, 2.75) is 6.42 Å². The number of carbonyl (C=O) groups excluding carboxylic acids is 1. The topological polar surface area (TPSA) is 37.3 Å². The minimum atomic E-state index is -1.72. The molecule has 0 saturated heterocycles. The van der Waals surface area contributed by atoms with Crippen LogP contribution in [0, 0.1) is 0 Å². The molecule has 0 aliphatic rings. The third kappa shape index (κ3) is 7.97. The van der Waals surface area contributed by atoms with Gasteiger partial charge < -0.3 is 5.11 Å². The van der Waals surface area contributed by atoms with Gasteiger partial charge in [0.1, 0.15) is 5.75 Å². The van der Waals surface area contributed by atoms with Crippen LogP contribution in [-0.2, 0) is 6.42 Å². The number of hydrogen-bond donors (Lipinski definition) is 1. The molecule has 0 amide bonds. The summed E-state index contributed by atoms with van der Waals surface area (Å²) in [7, 11) is 14.8. The molecule has 0 aliphatic carbocycles. The Labute approximate surface area is 145 Å². The van der Waals surface area contributed by atoms with Crippen molar-refractivity contribution in [1.82, 2.24) is 0 Å². The summed E-state index contributed by atoms with van der Waals surface area (Å²) in [6, 6.07) is 13.5. The van der Waals surface area contributed by atoms with Gasteiger partial charge in [0.2, 0.25) is 0 Å². The van der Waals surface area contributed by atoms with Crippen molar-refractivity contribution >= 4 is 58.9 Å². The molecule has 0 aliphatic heterocycles. The molecule has 0 atom stereocenters. The molecule has 2 aromatic rings. The Morgan fingerprint density at radius 1 is 0.952 bits per heavy atom. The van der Waals surface area contributed by atoms with E-state index in [-0.39, 0.29) is 11.5 Å². The molecule has 0 heterocycles. The lowest BCUT2D eigenvalue weighted by Crippen LogP contribution is -2.02. The molecular formula is C14H11AlCl4O2. The van der Waals surface area contributed by atoms with Crippen LogP contribution in [0.3, 0.4) is 0 Å². The van der Waals surface area contributed by atoms with Gasteiger partial charge in [-0.15, -0.1) is 0 Å². The Morgan fingerprint density at radius 2 is 1.43 bits per heavy atom. The molecular weight excluding hydrogens is 369 g/mol. The van der Waals surface area contributed by atoms with Gasteiger partial charge in [-0.25, -0.2) is 30.1 Å². The Hall–Kier alpha value is -0.398. The average molecular weight is 380 g/mol. The van der Waals surface area contributed by atoms with E-state index in [2.05, 4.69) is 0 Å². The first-order valence-electron chi connectivity index (χ1n) is 5.87. The molecule has 21 heavy (non-hydrogen) atoms. The van der Waals surface area contributed by atoms with Gasteiger partial charge >= 0.3 is 11.4 Å². The van der Waals surface area contributed by atoms with E-state index in [9.17, 15) is 4.79 Å². The van der Waals surface area contributed by atoms with Crippen molar-refractivity contribution in [2.75, 3.05) is 0 Å². The zero-order chi connectivity index (χ0) is 15.8. The molecule has 2 rings (SSSR count). The van der Waals surface area contributed by atoms with Gasteiger partial charge in [0, 0.05) is 17.0 Å². The van der Waals surface area contributed by atoms with Crippen LogP contribution in [0.1, 0.15) is 15.9 Å². The molecule has 2 aromatic carbocycles. The number of hydrogen-bond acceptors (Lipinski definition) is 2. The van der Waals surface area contributed by atoms with E-state index in [0.717, 1.165) is 5.56 Å². The zero-order valence-corrected chi connectivity index (χ0v) is 14.9. The SMILES string of the molecule is O=C(Cc1ccc(Cl)cc1)c1ccc(O)cc1.[Cl][Al]([Cl])[Cl]. The Bertz CT molecular complexity index is 568. The van der Waals surface area contributed by atoms with Gasteiger partial charge in [0.15, 0.2) is 5.78 Å². The molecule has 0 bridgehead atoms. The fourth-order valence-corrected chi connectivity index (χ4v) is 1.66. The van der Waals surface area contributed by atoms with E-state index >= 15 is 0 Å². The van der Waals surface area contributed by atoms with Crippen molar-refractivity contribution in [1.29, 1.82) is 0 Å². The van der Waals surface area contributed by atoms with Crippen LogP contribution in [0.4, 0.5) is 0 Å². The number of benzene rings is 2. The van der Waals surface area contributed by atoms with Gasteiger partial charge in [-0.1, -0.05) is 23.7 Å². The molecule has 0 unspecified atom stereocenters. The first-order chi connectivity index (χ1) is 9.88. The molecule has 2 nitrogen and oxygen atoms in total. The number of halogens is 4. The predicted molar refractivity (Wildman–Crippen MR) is 90.9 cm³/mol. The highest BCUT2D eigenvalue weighted by Gasteiger charge is 2.06. The first-order valence-corrected chi connectivity index (χ1v) is 11.5. The number of phenols is 1. The Kier molecular flexibility index (Phi) is 8.51. The average Bonchev–Trinajstić information content (AvgIpc) is 2.41. The summed E-state index contributed by atoms with van der Waals surface area (Å²) >= 11 is 4.05. The quantitative estimate of drug-likeness (QED) is 0.590. The lowest BCUT2D eigenvalue weighted by Gasteiger charge is -2.02. The normalized spacial score (nSPS) is 9.52. The van der Waals surface area contributed by atoms with Gasteiger partial charge in [-0.2, -0.15) is 0 Å². The molecule has 0 radical (unpaired) electrons. The summed E-state index contributed by atoms with van der Waals surface area (Å²) < 4.78 is 0. The van der Waals surface area contributed by atoms with Gasteiger partial charge in [-0.3, -0.25) is 4.79 Å². The monoisotopic (exact) mass is 378 g/mol. The van der Waals surface area contributed by atoms with Crippen molar-refractivity contribution in [2.24, 2.45) is 0 Å². The standard InChI is InChI=1S/C14H11ClO2.Al.3ClH/c15-12-5-1-10(2-6-12)9-14(17)11-3-7-13(16)8-4-11;;;;/h1-8,16H,9H2;;3*1H/q;+3;;;/p-3. The zero-order valence-electron chi connectivity index (χ0n) is 10.8. The number of rotatable bonds is 3. The molecule has 0 saturated carbocycles. The van der Waals surface area contributed by atoms with Crippen LogP contribution >= 0.6 is 41.7 Å². The van der Waals surface area contributed by atoms with E-state index in [4.69, 9.17) is 46.9 Å². The van der Waals surface area contributed by atoms with Crippen molar-refractivity contribution in [3.63, 3.8) is 0 Å². The fourth-order valence-electron chi connectivity index (χ4n) is 1.54. The number of carbonyl (C=O) groups is 1. The smallest absolute Gasteiger partial charge is 0.508 e. The number of ketones is 1. The maximum Gasteiger partial charge on any atom is 0.643 e. The van der Waals surface area contributed by atoms with Crippen LogP contribution in [0.15, 0.2) is 48.5 Å². The predicted octanol–water partition coefficient (Wildman–Crippen LogP) is 5.16. The van der Waals surface area contributed by atoms with E-state index < -0.39 is 11.4 Å². The molecule has 7 heteroatoms. The summed E-state index contributed by atoms with van der Waals surface area (Å²) in [5.74, 6) is 0.181. The highest BCUT2D eigenvalue weighted by Crippen LogP contribution is 2.14. The summed E-state index contributed by atoms with van der Waals surface area (Å²) in [6.07, 6.45) is 0.335. The van der Waals surface area contributed by atoms with Crippen molar-refractivity contribution in [3.05, 3.63) is 64.7 Å². The van der Waals surface area contributed by atoms with Gasteiger partial charge in [-0.05, 0) is 42.0 Å². The molecule has 0 fully saturated rings. The second-order valence-corrected chi connectivity index (χ2v) is 10.9. The van der Waals surface area contributed by atoms with Crippen LogP contribution in [0.25, 0.3) is 0 Å². The lowest BCUT2D eigenvalue weighted by atomic mass is 10.0. The van der Waals surface area contributed by atoms with Crippen LogP contribution < -0.4 is 0 Å². The largest absolute Gasteiger partial charge is 0.643 e. The lowest BCUT2D eigenvalue weighted by molar-refractivity contribution is 0.0993. The summed E-state index contributed by atoms with van der Waals surface area (Å²) in [4.78, 5) is 11.9. The number of aromatic hydroxyl groups is 1. The maximum absolute atomic E-state index is 11.9. The first kappa shape index (κ1) is 18.7. The fraction of sp³-hybridized carbons (Fsp3) is 0.0714. The van der Waals surface area contributed by atoms with E-state index in [1.165, 1.54) is 12.1 Å². The van der Waals surface area contributed by atoms with Crippen molar-refractivity contribution < 1.29 is 9.90 Å². The highest BCUT2D eigenvalue weighted by atomic mass is 35.8. The highest BCUT2D eigenvalue weighted by molar-refractivity contribution is 7.54. The van der Waals surface area contributed by atoms with E-state index in [0.29, 0.717) is 17.0 Å². The third-order valence-electron chi connectivity index (χ3n) is 2.47. The van der Waals surface area contributed by atoms with Gasteiger partial charge in [0.05, 0.1) is 0 Å². The number of phenolic OH excluding ortho intramolecular Hbond substituents is 1. The van der Waals surface area contributed by atoms with Crippen LogP contribution in [-0.4, -0.2) is 22.3 Å². The molecule has 1 N–H and O–H groups in total. The minimum absolute atomic E-state index is 0.0207. The van der Waals surface area contributed by atoms with Crippen LogP contribution in [0.2, 0.25) is 5.02 Å². The Morgan fingerprint density at radius 3 is 1.90 bits per heavy atom. The van der Waals surface area contributed by atoms with Crippen molar-refractivity contribution in [3.8, 4) is 5.75 Å². The van der Waals surface area contributed by atoms with E-state index in [1.807, 2.05) is 12.1 Å². The Balaban J connectivity index is 0.000000491. The van der Waals surface area contributed by atoms with Gasteiger partial charge in [0.25, 0.3) is 0 Å². The third-order valence-corrected chi connectivity index (χ3v) is 2.72. The second-order valence-electron chi connectivity index (χ2n) is 4.02. The molecule has 0 aromatic heterocycles. The van der Waals surface area contributed by atoms with E-state index in [1.54, 1.807) is 24.3 Å². The summed E-state index contributed by atoms with van der Waals surface area (Å²) in [5.41, 5.74) is 1.52. The van der Waals surface area contributed by atoms with Crippen LogP contribution in [0.5, 0.6) is 5.75 Å². The molecule has 110 valence electrons.